The molecule has 144 valence electrons. The molecule has 2 aliphatic rings. The van der Waals surface area contributed by atoms with Crippen LogP contribution >= 0.6 is 24.8 Å². The topological polar surface area (TPSA) is 67.6 Å². The van der Waals surface area contributed by atoms with E-state index in [0.29, 0.717) is 19.8 Å². The van der Waals surface area contributed by atoms with E-state index < -0.39 is 5.41 Å². The molecule has 24 heavy (non-hydrogen) atoms. The van der Waals surface area contributed by atoms with Crippen LogP contribution in [0.5, 0.6) is 0 Å². The molecular weight excluding hydrogens is 349 g/mol. The number of nitrogens with one attached hydrogen (secondary N) is 1. The van der Waals surface area contributed by atoms with Crippen molar-refractivity contribution < 1.29 is 9.53 Å². The van der Waals surface area contributed by atoms with E-state index in [9.17, 15) is 4.79 Å². The van der Waals surface area contributed by atoms with Crippen LogP contribution in [0.2, 0.25) is 0 Å². The highest BCUT2D eigenvalue weighted by atomic mass is 35.5. The van der Waals surface area contributed by atoms with Crippen LogP contribution in [-0.2, 0) is 9.53 Å². The molecular formula is C17H35Cl2N3O2. The first-order chi connectivity index (χ1) is 10.4. The Morgan fingerprint density at radius 3 is 2.29 bits per heavy atom. The number of hydrogen-bond donors (Lipinski definition) is 2. The smallest absolute Gasteiger partial charge is 0.227 e. The molecule has 1 amide bonds. The van der Waals surface area contributed by atoms with E-state index in [-0.39, 0.29) is 36.8 Å². The van der Waals surface area contributed by atoms with Gasteiger partial charge in [0.15, 0.2) is 0 Å². The number of carbonyl (C=O) groups is 1. The molecule has 0 saturated carbocycles. The second-order valence-electron chi connectivity index (χ2n) is 7.64. The Kier molecular flexibility index (Phi) is 10.8. The molecule has 3 N–H and O–H groups in total. The molecule has 0 aromatic carbocycles. The Labute approximate surface area is 159 Å². The molecule has 2 aliphatic heterocycles. The summed E-state index contributed by atoms with van der Waals surface area (Å²) in [4.78, 5) is 15.2. The summed E-state index contributed by atoms with van der Waals surface area (Å²) in [7, 11) is 0. The number of likely N-dealkylation sites (tertiary alicyclic amines) is 1. The Morgan fingerprint density at radius 2 is 1.79 bits per heavy atom. The van der Waals surface area contributed by atoms with E-state index >= 15 is 0 Å². The summed E-state index contributed by atoms with van der Waals surface area (Å²) < 4.78 is 5.38. The van der Waals surface area contributed by atoms with Gasteiger partial charge in [-0.3, -0.25) is 4.79 Å². The lowest BCUT2D eigenvalue weighted by molar-refractivity contribution is -0.136. The molecule has 0 spiro atoms. The molecule has 0 aromatic heterocycles. The van der Waals surface area contributed by atoms with Gasteiger partial charge < -0.3 is 20.7 Å². The highest BCUT2D eigenvalue weighted by Crippen LogP contribution is 2.29. The zero-order valence-electron chi connectivity index (χ0n) is 15.3. The summed E-state index contributed by atoms with van der Waals surface area (Å²) >= 11 is 0. The maximum absolute atomic E-state index is 12.7. The Balaban J connectivity index is 0.00000264. The fourth-order valence-electron chi connectivity index (χ4n) is 4.04. The minimum absolute atomic E-state index is 0. The van der Waals surface area contributed by atoms with Crippen molar-refractivity contribution in [2.45, 2.75) is 46.1 Å². The summed E-state index contributed by atoms with van der Waals surface area (Å²) in [6, 6.07) is 0.163. The average Bonchev–Trinajstić information content (AvgIpc) is 2.46. The molecule has 2 heterocycles. The van der Waals surface area contributed by atoms with Gasteiger partial charge in [0.05, 0.1) is 5.41 Å². The monoisotopic (exact) mass is 383 g/mol. The van der Waals surface area contributed by atoms with Gasteiger partial charge in [-0.15, -0.1) is 24.8 Å². The standard InChI is InChI=1S/C17H33N3O2.2ClH/c1-13-8-14(2)10-20(9-13)11-15(3)19-16(21)17(12-18)4-6-22-7-5-17;;/h13-15H,4-12,18H2,1-3H3,(H,19,21);2*1H. The maximum Gasteiger partial charge on any atom is 0.227 e. The molecule has 5 nitrogen and oxygen atoms in total. The Morgan fingerprint density at radius 1 is 1.25 bits per heavy atom. The number of nitrogens with two attached hydrogens (primary N) is 1. The van der Waals surface area contributed by atoms with Crippen LogP contribution in [0, 0.1) is 17.3 Å². The predicted octanol–water partition coefficient (Wildman–Crippen LogP) is 2.07. The van der Waals surface area contributed by atoms with Crippen molar-refractivity contribution in [3.8, 4) is 0 Å². The van der Waals surface area contributed by atoms with E-state index in [1.165, 1.54) is 6.42 Å². The van der Waals surface area contributed by atoms with Gasteiger partial charge >= 0.3 is 0 Å². The minimum Gasteiger partial charge on any atom is -0.381 e. The van der Waals surface area contributed by atoms with Crippen molar-refractivity contribution in [2.75, 3.05) is 39.4 Å². The Hall–Kier alpha value is -0.0700. The van der Waals surface area contributed by atoms with Crippen LogP contribution in [0.25, 0.3) is 0 Å². The highest BCUT2D eigenvalue weighted by molar-refractivity contribution is 5.85. The predicted molar refractivity (Wildman–Crippen MR) is 103 cm³/mol. The van der Waals surface area contributed by atoms with E-state index in [0.717, 1.165) is 44.3 Å². The number of carbonyl (C=O) groups excluding carboxylic acids is 1. The number of rotatable bonds is 5. The van der Waals surface area contributed by atoms with E-state index in [1.807, 2.05) is 0 Å². The van der Waals surface area contributed by atoms with Gasteiger partial charge in [-0.1, -0.05) is 13.8 Å². The van der Waals surface area contributed by atoms with E-state index in [1.54, 1.807) is 0 Å². The zero-order valence-corrected chi connectivity index (χ0v) is 16.9. The second kappa shape index (κ2) is 10.8. The third-order valence-electron chi connectivity index (χ3n) is 5.18. The Bertz CT molecular complexity index is 369. The maximum atomic E-state index is 12.7. The van der Waals surface area contributed by atoms with Crippen molar-refractivity contribution in [1.82, 2.24) is 10.2 Å². The molecule has 0 radical (unpaired) electrons. The third-order valence-corrected chi connectivity index (χ3v) is 5.18. The molecule has 0 aliphatic carbocycles. The molecule has 2 saturated heterocycles. The van der Waals surface area contributed by atoms with Gasteiger partial charge in [-0.2, -0.15) is 0 Å². The van der Waals surface area contributed by atoms with Crippen LogP contribution in [0.4, 0.5) is 0 Å². The lowest BCUT2D eigenvalue weighted by Crippen LogP contribution is -2.54. The second-order valence-corrected chi connectivity index (χ2v) is 7.64. The zero-order chi connectivity index (χ0) is 16.2. The number of ether oxygens (including phenoxy) is 1. The molecule has 3 atom stereocenters. The van der Waals surface area contributed by atoms with Crippen LogP contribution in [0.3, 0.4) is 0 Å². The summed E-state index contributed by atoms with van der Waals surface area (Å²) in [6.45, 7) is 11.6. The first-order valence-electron chi connectivity index (χ1n) is 8.76. The molecule has 0 bridgehead atoms. The largest absolute Gasteiger partial charge is 0.381 e. The van der Waals surface area contributed by atoms with Crippen molar-refractivity contribution in [3.05, 3.63) is 0 Å². The molecule has 2 rings (SSSR count). The average molecular weight is 384 g/mol. The van der Waals surface area contributed by atoms with Gasteiger partial charge in [0.1, 0.15) is 0 Å². The van der Waals surface area contributed by atoms with Gasteiger partial charge in [0.2, 0.25) is 5.91 Å². The summed E-state index contributed by atoms with van der Waals surface area (Å²) in [5.74, 6) is 1.61. The number of piperidine rings is 1. The van der Waals surface area contributed by atoms with Gasteiger partial charge in [-0.05, 0) is 38.0 Å². The van der Waals surface area contributed by atoms with Gasteiger partial charge in [0, 0.05) is 45.4 Å². The fraction of sp³-hybridized carbons (Fsp3) is 0.941. The normalized spacial score (nSPS) is 28.2. The molecule has 7 heteroatoms. The molecule has 2 fully saturated rings. The molecule has 3 unspecified atom stereocenters. The first-order valence-corrected chi connectivity index (χ1v) is 8.76. The van der Waals surface area contributed by atoms with Crippen LogP contribution < -0.4 is 11.1 Å². The number of halogens is 2. The lowest BCUT2D eigenvalue weighted by Gasteiger charge is -2.38. The number of nitrogens with zero attached hydrogens (tertiary/aromatic N) is 1. The quantitative estimate of drug-likeness (QED) is 0.762. The van der Waals surface area contributed by atoms with Crippen LogP contribution in [0.1, 0.15) is 40.0 Å². The lowest BCUT2D eigenvalue weighted by atomic mass is 9.79. The van der Waals surface area contributed by atoms with Gasteiger partial charge in [0.25, 0.3) is 0 Å². The SMILES string of the molecule is CC1CC(C)CN(CC(C)NC(=O)C2(CN)CCOCC2)C1.Cl.Cl. The van der Waals surface area contributed by atoms with Crippen LogP contribution in [0.15, 0.2) is 0 Å². The molecule has 0 aromatic rings. The number of hydrogen-bond acceptors (Lipinski definition) is 4. The van der Waals surface area contributed by atoms with Crippen molar-refractivity contribution in [2.24, 2.45) is 23.0 Å². The minimum atomic E-state index is -0.422. The first kappa shape index (κ1) is 23.9. The number of amides is 1. The van der Waals surface area contributed by atoms with Crippen molar-refractivity contribution in [3.63, 3.8) is 0 Å². The highest BCUT2D eigenvalue weighted by Gasteiger charge is 2.39. The van der Waals surface area contributed by atoms with Crippen molar-refractivity contribution in [1.29, 1.82) is 0 Å². The third kappa shape index (κ3) is 6.34. The summed E-state index contributed by atoms with van der Waals surface area (Å²) in [5.41, 5.74) is 5.49. The van der Waals surface area contributed by atoms with Gasteiger partial charge in [-0.25, -0.2) is 0 Å². The van der Waals surface area contributed by atoms with E-state index in [2.05, 4.69) is 31.0 Å². The fourth-order valence-corrected chi connectivity index (χ4v) is 4.04. The van der Waals surface area contributed by atoms with Crippen LogP contribution in [-0.4, -0.2) is 56.2 Å². The van der Waals surface area contributed by atoms with Crippen molar-refractivity contribution >= 4 is 30.7 Å². The summed E-state index contributed by atoms with van der Waals surface area (Å²) in [6.07, 6.45) is 2.78. The van der Waals surface area contributed by atoms with E-state index in [4.69, 9.17) is 10.5 Å². The summed E-state index contributed by atoms with van der Waals surface area (Å²) in [5, 5.41) is 3.20.